The van der Waals surface area contributed by atoms with Gasteiger partial charge >= 0.3 is 0 Å². The smallest absolute Gasteiger partial charge is 0.141 e. The van der Waals surface area contributed by atoms with E-state index in [1.165, 1.54) is 0 Å². The summed E-state index contributed by atoms with van der Waals surface area (Å²) in [6.07, 6.45) is 1.84. The summed E-state index contributed by atoms with van der Waals surface area (Å²) in [7, 11) is 0. The third kappa shape index (κ3) is 1.63. The van der Waals surface area contributed by atoms with E-state index in [2.05, 4.69) is 41.5 Å². The van der Waals surface area contributed by atoms with Crippen molar-refractivity contribution in [2.75, 3.05) is 0 Å². The summed E-state index contributed by atoms with van der Waals surface area (Å²) in [5.41, 5.74) is 0. The molecule has 0 aromatic carbocycles. The minimum atomic E-state index is 0.390. The van der Waals surface area contributed by atoms with E-state index in [-0.39, 0.29) is 0 Å². The van der Waals surface area contributed by atoms with Crippen molar-refractivity contribution in [1.29, 1.82) is 0 Å². The van der Waals surface area contributed by atoms with Crippen molar-refractivity contribution in [2.24, 2.45) is 0 Å². The van der Waals surface area contributed by atoms with E-state index in [4.69, 9.17) is 11.6 Å². The van der Waals surface area contributed by atoms with Gasteiger partial charge in [0.1, 0.15) is 3.70 Å². The Hall–Kier alpha value is 0.230. The van der Waals surface area contributed by atoms with Crippen LogP contribution in [-0.4, -0.2) is 9.78 Å². The number of halogens is 2. The van der Waals surface area contributed by atoms with Crippen LogP contribution in [0.5, 0.6) is 0 Å². The van der Waals surface area contributed by atoms with Gasteiger partial charge in [0, 0.05) is 12.2 Å². The molecule has 0 fully saturated rings. The molecule has 1 aromatic rings. The van der Waals surface area contributed by atoms with E-state index in [1.807, 2.05) is 10.9 Å². The van der Waals surface area contributed by atoms with Crippen LogP contribution < -0.4 is 0 Å². The van der Waals surface area contributed by atoms with Gasteiger partial charge in [0.2, 0.25) is 0 Å². The number of hydrogen-bond acceptors (Lipinski definition) is 1. The summed E-state index contributed by atoms with van der Waals surface area (Å²) < 4.78 is 2.72. The average molecular weight is 271 g/mol. The van der Waals surface area contributed by atoms with Crippen molar-refractivity contribution in [3.8, 4) is 0 Å². The van der Waals surface area contributed by atoms with Gasteiger partial charge in [-0.25, -0.2) is 0 Å². The molecule has 56 valence electrons. The Labute approximate surface area is 78.7 Å². The Kier molecular flexibility index (Phi) is 2.57. The maximum atomic E-state index is 5.78. The van der Waals surface area contributed by atoms with Crippen molar-refractivity contribution in [3.05, 3.63) is 14.9 Å². The van der Waals surface area contributed by atoms with E-state index in [0.717, 1.165) is 8.72 Å². The maximum absolute atomic E-state index is 5.78. The normalized spacial score (nSPS) is 10.9. The molecule has 0 N–H and O–H groups in total. The summed E-state index contributed by atoms with van der Waals surface area (Å²) in [5.74, 6) is 0. The Bertz CT molecular complexity index is 212. The van der Waals surface area contributed by atoms with Crippen LogP contribution in [0.4, 0.5) is 0 Å². The molecule has 2 nitrogen and oxygen atoms in total. The molecule has 0 aliphatic carbocycles. The average Bonchev–Trinajstić information content (AvgIpc) is 2.13. The molecule has 0 unspecified atom stereocenters. The summed E-state index contributed by atoms with van der Waals surface area (Å²) in [6.45, 7) is 4.14. The molecule has 0 saturated carbocycles. The SMILES string of the molecule is CC(C)n1cc(Cl)c(I)n1. The quantitative estimate of drug-likeness (QED) is 0.718. The summed E-state index contributed by atoms with van der Waals surface area (Å²) in [6, 6.07) is 0.390. The van der Waals surface area contributed by atoms with Gasteiger partial charge in [-0.1, -0.05) is 11.6 Å². The van der Waals surface area contributed by atoms with Crippen LogP contribution in [0.2, 0.25) is 5.02 Å². The van der Waals surface area contributed by atoms with Gasteiger partial charge < -0.3 is 0 Å². The topological polar surface area (TPSA) is 17.8 Å². The van der Waals surface area contributed by atoms with E-state index < -0.39 is 0 Å². The molecule has 0 atom stereocenters. The molecule has 0 spiro atoms. The van der Waals surface area contributed by atoms with Crippen LogP contribution >= 0.6 is 34.2 Å². The molecule has 0 radical (unpaired) electrons. The predicted molar refractivity (Wildman–Crippen MR) is 50.3 cm³/mol. The van der Waals surface area contributed by atoms with Gasteiger partial charge in [-0.15, -0.1) is 0 Å². The fraction of sp³-hybridized carbons (Fsp3) is 0.500. The van der Waals surface area contributed by atoms with Gasteiger partial charge in [-0.2, -0.15) is 5.10 Å². The molecule has 10 heavy (non-hydrogen) atoms. The van der Waals surface area contributed by atoms with Gasteiger partial charge in [-0.05, 0) is 36.4 Å². The molecule has 4 heteroatoms. The lowest BCUT2D eigenvalue weighted by molar-refractivity contribution is 0.529. The van der Waals surface area contributed by atoms with Crippen LogP contribution in [0.15, 0.2) is 6.20 Å². The van der Waals surface area contributed by atoms with E-state index in [9.17, 15) is 0 Å². The molecule has 0 amide bonds. The number of rotatable bonds is 1. The zero-order valence-corrected chi connectivity index (χ0v) is 8.72. The van der Waals surface area contributed by atoms with Gasteiger partial charge in [0.15, 0.2) is 0 Å². The third-order valence-corrected chi connectivity index (χ3v) is 2.57. The maximum Gasteiger partial charge on any atom is 0.141 e. The molecule has 0 saturated heterocycles. The first-order valence-corrected chi connectivity index (χ1v) is 4.47. The highest BCUT2D eigenvalue weighted by molar-refractivity contribution is 14.1. The Balaban J connectivity index is 2.98. The summed E-state index contributed by atoms with van der Waals surface area (Å²) in [4.78, 5) is 0. The lowest BCUT2D eigenvalue weighted by atomic mass is 10.4. The molecular weight excluding hydrogens is 262 g/mol. The first kappa shape index (κ1) is 8.33. The second kappa shape index (κ2) is 3.09. The minimum Gasteiger partial charge on any atom is -0.268 e. The van der Waals surface area contributed by atoms with E-state index in [0.29, 0.717) is 6.04 Å². The highest BCUT2D eigenvalue weighted by atomic mass is 127. The fourth-order valence-electron chi connectivity index (χ4n) is 0.612. The zero-order valence-electron chi connectivity index (χ0n) is 5.81. The van der Waals surface area contributed by atoms with E-state index in [1.54, 1.807) is 0 Å². The Morgan fingerprint density at radius 1 is 1.70 bits per heavy atom. The fourth-order valence-corrected chi connectivity index (χ4v) is 1.14. The van der Waals surface area contributed by atoms with Crippen molar-refractivity contribution in [3.63, 3.8) is 0 Å². The predicted octanol–water partition coefficient (Wildman–Crippen LogP) is 2.72. The van der Waals surface area contributed by atoms with Crippen LogP contribution in [0.1, 0.15) is 19.9 Å². The highest BCUT2D eigenvalue weighted by Crippen LogP contribution is 2.17. The lowest BCUT2D eigenvalue weighted by Gasteiger charge is -2.02. The summed E-state index contributed by atoms with van der Waals surface area (Å²) >= 11 is 7.90. The molecule has 0 aliphatic rings. The summed E-state index contributed by atoms with van der Waals surface area (Å²) in [5, 5.41) is 4.91. The van der Waals surface area contributed by atoms with Gasteiger partial charge in [0.25, 0.3) is 0 Å². The van der Waals surface area contributed by atoms with Crippen LogP contribution in [0, 0.1) is 3.70 Å². The largest absolute Gasteiger partial charge is 0.268 e. The molecule has 0 aliphatic heterocycles. The first-order chi connectivity index (χ1) is 4.61. The zero-order chi connectivity index (χ0) is 7.72. The number of nitrogens with zero attached hydrogens (tertiary/aromatic N) is 2. The number of hydrogen-bond donors (Lipinski definition) is 0. The second-order valence-corrected chi connectivity index (χ2v) is 3.77. The molecule has 0 bridgehead atoms. The minimum absolute atomic E-state index is 0.390. The standard InChI is InChI=1S/C6H8ClIN2/c1-4(2)10-3-5(7)6(8)9-10/h3-4H,1-2H3. The third-order valence-electron chi connectivity index (χ3n) is 1.18. The van der Waals surface area contributed by atoms with Gasteiger partial charge in [0.05, 0.1) is 5.02 Å². The Morgan fingerprint density at radius 2 is 2.30 bits per heavy atom. The monoisotopic (exact) mass is 270 g/mol. The van der Waals surface area contributed by atoms with Crippen molar-refractivity contribution in [1.82, 2.24) is 9.78 Å². The van der Waals surface area contributed by atoms with Crippen molar-refractivity contribution < 1.29 is 0 Å². The van der Waals surface area contributed by atoms with Crippen LogP contribution in [-0.2, 0) is 0 Å². The van der Waals surface area contributed by atoms with Crippen LogP contribution in [0.3, 0.4) is 0 Å². The van der Waals surface area contributed by atoms with Crippen molar-refractivity contribution in [2.45, 2.75) is 19.9 Å². The Morgan fingerprint density at radius 3 is 2.50 bits per heavy atom. The van der Waals surface area contributed by atoms with Crippen molar-refractivity contribution >= 4 is 34.2 Å². The van der Waals surface area contributed by atoms with Crippen LogP contribution in [0.25, 0.3) is 0 Å². The molecule has 1 rings (SSSR count). The van der Waals surface area contributed by atoms with Gasteiger partial charge in [-0.3, -0.25) is 4.68 Å². The molecule has 1 aromatic heterocycles. The molecular formula is C6H8ClIN2. The lowest BCUT2D eigenvalue weighted by Crippen LogP contribution is -2.00. The second-order valence-electron chi connectivity index (χ2n) is 2.34. The first-order valence-electron chi connectivity index (χ1n) is 3.01. The highest BCUT2D eigenvalue weighted by Gasteiger charge is 2.04. The van der Waals surface area contributed by atoms with E-state index >= 15 is 0 Å². The number of aromatic nitrogens is 2. The molecule has 1 heterocycles.